The lowest BCUT2D eigenvalue weighted by atomic mass is 9.99. The van der Waals surface area contributed by atoms with Crippen molar-refractivity contribution >= 4 is 35.3 Å². The molecule has 0 saturated carbocycles. The summed E-state index contributed by atoms with van der Waals surface area (Å²) in [5.41, 5.74) is -0.339. The van der Waals surface area contributed by atoms with Gasteiger partial charge in [0.25, 0.3) is 5.91 Å². The number of nitrogens with one attached hydrogen (secondary N) is 2. The van der Waals surface area contributed by atoms with Crippen molar-refractivity contribution in [3.63, 3.8) is 0 Å². The van der Waals surface area contributed by atoms with E-state index in [1.165, 1.54) is 0 Å². The van der Waals surface area contributed by atoms with Crippen LogP contribution >= 0.6 is 11.8 Å². The van der Waals surface area contributed by atoms with Crippen molar-refractivity contribution < 1.29 is 23.9 Å². The van der Waals surface area contributed by atoms with Crippen molar-refractivity contribution in [2.75, 3.05) is 36.6 Å². The van der Waals surface area contributed by atoms with E-state index in [-0.39, 0.29) is 12.5 Å². The highest BCUT2D eigenvalue weighted by molar-refractivity contribution is 7.99. The molecule has 1 atom stereocenters. The molecule has 0 radical (unpaired) electrons. The van der Waals surface area contributed by atoms with Gasteiger partial charge in [-0.05, 0) is 38.2 Å². The summed E-state index contributed by atoms with van der Waals surface area (Å²) in [5.74, 6) is 1.70. The summed E-state index contributed by atoms with van der Waals surface area (Å²) in [5, 5.41) is 5.45. The SMILES string of the molecule is CCOc1ccc(NC(=O)CN2C(=O)NC3(CCSC3)C2=O)cc1OCC. The van der Waals surface area contributed by atoms with Gasteiger partial charge in [-0.1, -0.05) is 0 Å². The number of imide groups is 1. The molecule has 0 aliphatic carbocycles. The van der Waals surface area contributed by atoms with Gasteiger partial charge in [-0.15, -0.1) is 0 Å². The number of thioether (sulfide) groups is 1. The van der Waals surface area contributed by atoms with Crippen molar-refractivity contribution in [1.29, 1.82) is 0 Å². The number of nitrogens with zero attached hydrogens (tertiary/aromatic N) is 1. The van der Waals surface area contributed by atoms with Crippen molar-refractivity contribution in [3.8, 4) is 11.5 Å². The van der Waals surface area contributed by atoms with Crippen LogP contribution in [0.25, 0.3) is 0 Å². The van der Waals surface area contributed by atoms with Crippen LogP contribution in [-0.4, -0.2) is 59.5 Å². The van der Waals surface area contributed by atoms with Gasteiger partial charge in [0.2, 0.25) is 5.91 Å². The molecular formula is C18H23N3O5S. The Morgan fingerprint density at radius 1 is 1.26 bits per heavy atom. The topological polar surface area (TPSA) is 97.0 Å². The van der Waals surface area contributed by atoms with E-state index in [9.17, 15) is 14.4 Å². The van der Waals surface area contributed by atoms with Gasteiger partial charge in [0, 0.05) is 17.5 Å². The van der Waals surface area contributed by atoms with E-state index in [1.54, 1.807) is 30.0 Å². The Morgan fingerprint density at radius 3 is 2.67 bits per heavy atom. The van der Waals surface area contributed by atoms with E-state index >= 15 is 0 Å². The maximum absolute atomic E-state index is 12.6. The van der Waals surface area contributed by atoms with Crippen molar-refractivity contribution in [3.05, 3.63) is 18.2 Å². The summed E-state index contributed by atoms with van der Waals surface area (Å²) < 4.78 is 11.0. The first-order valence-corrected chi connectivity index (χ1v) is 10.1. The second-order valence-corrected chi connectivity index (χ2v) is 7.39. The molecule has 2 fully saturated rings. The molecule has 0 bridgehead atoms. The van der Waals surface area contributed by atoms with Crippen LogP contribution in [0.5, 0.6) is 11.5 Å². The number of amides is 4. The molecule has 2 aliphatic rings. The van der Waals surface area contributed by atoms with Gasteiger partial charge in [0.1, 0.15) is 12.1 Å². The van der Waals surface area contributed by atoms with Gasteiger partial charge in [0.05, 0.1) is 13.2 Å². The molecule has 2 heterocycles. The van der Waals surface area contributed by atoms with E-state index in [0.29, 0.717) is 42.6 Å². The zero-order valence-electron chi connectivity index (χ0n) is 15.4. The van der Waals surface area contributed by atoms with Crippen LogP contribution in [0.1, 0.15) is 20.3 Å². The van der Waals surface area contributed by atoms with Crippen LogP contribution in [0.15, 0.2) is 18.2 Å². The molecule has 8 nitrogen and oxygen atoms in total. The lowest BCUT2D eigenvalue weighted by molar-refractivity contribution is -0.133. The molecule has 146 valence electrons. The maximum atomic E-state index is 12.6. The molecule has 2 aliphatic heterocycles. The van der Waals surface area contributed by atoms with Gasteiger partial charge in [0.15, 0.2) is 11.5 Å². The molecular weight excluding hydrogens is 370 g/mol. The van der Waals surface area contributed by atoms with Crippen LogP contribution in [0.3, 0.4) is 0 Å². The fourth-order valence-electron chi connectivity index (χ4n) is 3.13. The summed E-state index contributed by atoms with van der Waals surface area (Å²) >= 11 is 1.62. The second kappa shape index (κ2) is 8.08. The summed E-state index contributed by atoms with van der Waals surface area (Å²) in [7, 11) is 0. The monoisotopic (exact) mass is 393 g/mol. The van der Waals surface area contributed by atoms with E-state index in [2.05, 4.69) is 10.6 Å². The zero-order valence-corrected chi connectivity index (χ0v) is 16.2. The quantitative estimate of drug-likeness (QED) is 0.687. The minimum atomic E-state index is -0.844. The molecule has 1 aromatic rings. The van der Waals surface area contributed by atoms with E-state index in [0.717, 1.165) is 10.7 Å². The van der Waals surface area contributed by atoms with Crippen molar-refractivity contribution in [1.82, 2.24) is 10.2 Å². The highest BCUT2D eigenvalue weighted by Crippen LogP contribution is 2.33. The van der Waals surface area contributed by atoms with Crippen LogP contribution in [0.4, 0.5) is 10.5 Å². The third-order valence-corrected chi connectivity index (χ3v) is 5.59. The first-order chi connectivity index (χ1) is 13.0. The number of carbonyl (C=O) groups excluding carboxylic acids is 3. The minimum absolute atomic E-state index is 0.325. The normalized spacial score (nSPS) is 21.5. The number of ether oxygens (including phenoxy) is 2. The fourth-order valence-corrected chi connectivity index (χ4v) is 4.45. The van der Waals surface area contributed by atoms with Crippen molar-refractivity contribution in [2.45, 2.75) is 25.8 Å². The summed E-state index contributed by atoms with van der Waals surface area (Å²) in [6, 6.07) is 4.54. The Balaban J connectivity index is 1.66. The fraction of sp³-hybridized carbons (Fsp3) is 0.500. The molecule has 9 heteroatoms. The summed E-state index contributed by atoms with van der Waals surface area (Å²) in [6.07, 6.45) is 0.594. The zero-order chi connectivity index (χ0) is 19.4. The smallest absolute Gasteiger partial charge is 0.325 e. The number of hydrogen-bond donors (Lipinski definition) is 2. The third kappa shape index (κ3) is 3.97. The Kier molecular flexibility index (Phi) is 5.79. The highest BCUT2D eigenvalue weighted by Gasteiger charge is 2.53. The van der Waals surface area contributed by atoms with Gasteiger partial charge in [-0.2, -0.15) is 11.8 Å². The highest BCUT2D eigenvalue weighted by atomic mass is 32.2. The number of benzene rings is 1. The Hall–Kier alpha value is -2.42. The first-order valence-electron chi connectivity index (χ1n) is 8.90. The van der Waals surface area contributed by atoms with Gasteiger partial charge >= 0.3 is 6.03 Å². The molecule has 2 saturated heterocycles. The molecule has 3 rings (SSSR count). The lowest BCUT2D eigenvalue weighted by Crippen LogP contribution is -2.47. The average Bonchev–Trinajstić information content (AvgIpc) is 3.19. The molecule has 1 aromatic carbocycles. The van der Waals surface area contributed by atoms with Gasteiger partial charge in [-0.25, -0.2) is 4.79 Å². The molecule has 2 N–H and O–H groups in total. The second-order valence-electron chi connectivity index (χ2n) is 6.28. The maximum Gasteiger partial charge on any atom is 0.325 e. The molecule has 27 heavy (non-hydrogen) atoms. The van der Waals surface area contributed by atoms with E-state index in [1.807, 2.05) is 13.8 Å². The van der Waals surface area contributed by atoms with Gasteiger partial charge in [-0.3, -0.25) is 14.5 Å². The van der Waals surface area contributed by atoms with E-state index < -0.39 is 17.5 Å². The Morgan fingerprint density at radius 2 is 2.00 bits per heavy atom. The number of anilines is 1. The Labute approximate surface area is 161 Å². The lowest BCUT2D eigenvalue weighted by Gasteiger charge is -2.19. The average molecular weight is 393 g/mol. The predicted octanol–water partition coefficient (Wildman–Crippen LogP) is 1.85. The standard InChI is InChI=1S/C18H23N3O5S/c1-3-25-13-6-5-12(9-14(13)26-4-2)19-15(22)10-21-16(23)18(20-17(21)24)7-8-27-11-18/h5-6,9H,3-4,7-8,10-11H2,1-2H3,(H,19,22)(H,20,24). The van der Waals surface area contributed by atoms with Crippen LogP contribution < -0.4 is 20.1 Å². The summed E-state index contributed by atoms with van der Waals surface area (Å²) in [6.45, 7) is 4.36. The van der Waals surface area contributed by atoms with Crippen molar-refractivity contribution in [2.24, 2.45) is 0 Å². The molecule has 4 amide bonds. The van der Waals surface area contributed by atoms with Gasteiger partial charge < -0.3 is 20.1 Å². The molecule has 0 aromatic heterocycles. The largest absolute Gasteiger partial charge is 0.490 e. The molecule has 1 unspecified atom stereocenters. The first kappa shape index (κ1) is 19.3. The van der Waals surface area contributed by atoms with Crippen LogP contribution in [-0.2, 0) is 9.59 Å². The van der Waals surface area contributed by atoms with Crippen LogP contribution in [0.2, 0.25) is 0 Å². The minimum Gasteiger partial charge on any atom is -0.490 e. The van der Waals surface area contributed by atoms with Crippen LogP contribution in [0, 0.1) is 0 Å². The summed E-state index contributed by atoms with van der Waals surface area (Å²) in [4.78, 5) is 38.1. The number of hydrogen-bond acceptors (Lipinski definition) is 6. The Bertz CT molecular complexity index is 749. The number of rotatable bonds is 7. The number of carbonyl (C=O) groups is 3. The number of urea groups is 1. The predicted molar refractivity (Wildman–Crippen MR) is 102 cm³/mol. The third-order valence-electron chi connectivity index (χ3n) is 4.40. The van der Waals surface area contributed by atoms with E-state index in [4.69, 9.17) is 9.47 Å². The molecule has 1 spiro atoms.